The summed E-state index contributed by atoms with van der Waals surface area (Å²) in [7, 11) is 1.66. The Bertz CT molecular complexity index is 1170. The van der Waals surface area contributed by atoms with Gasteiger partial charge in [0.25, 0.3) is 0 Å². The van der Waals surface area contributed by atoms with Gasteiger partial charge in [0, 0.05) is 19.6 Å². The summed E-state index contributed by atoms with van der Waals surface area (Å²) in [4.78, 5) is 16.7. The summed E-state index contributed by atoms with van der Waals surface area (Å²) in [5.41, 5.74) is 5.33. The molecule has 0 saturated carbocycles. The lowest BCUT2D eigenvalue weighted by atomic mass is 9.73. The number of hydrogen-bond donors (Lipinski definition) is 1. The monoisotopic (exact) mass is 460 g/mol. The maximum atomic E-state index is 13.3. The van der Waals surface area contributed by atoms with Crippen molar-refractivity contribution in [2.24, 2.45) is 0 Å². The van der Waals surface area contributed by atoms with Crippen LogP contribution in [0, 0.1) is 12.7 Å². The van der Waals surface area contributed by atoms with E-state index in [0.29, 0.717) is 18.7 Å². The Labute approximate surface area is 199 Å². The Morgan fingerprint density at radius 1 is 1.06 bits per heavy atom. The third-order valence-corrected chi connectivity index (χ3v) is 7.19. The average molecular weight is 461 g/mol. The van der Waals surface area contributed by atoms with Crippen LogP contribution < -0.4 is 0 Å². The van der Waals surface area contributed by atoms with Crippen molar-refractivity contribution in [1.29, 1.82) is 0 Å². The summed E-state index contributed by atoms with van der Waals surface area (Å²) in [5, 5.41) is 10.9. The maximum Gasteiger partial charge on any atom is 0.237 e. The molecule has 1 amide bonds. The van der Waals surface area contributed by atoms with E-state index >= 15 is 0 Å². The first-order valence-electron chi connectivity index (χ1n) is 11.6. The molecule has 0 bridgehead atoms. The first-order chi connectivity index (χ1) is 16.5. The standard InChI is InChI=1S/C28H29FN2O3/c1-18-5-3-4-6-23(18)19-7-9-20(10-8-19)27-24-15-30(16-26(32)31(24)25(27)17-34-2)28(33)21-11-13-22(29)14-12-21/h3-14,24-25,27-28,33H,15-17H2,1-2H3/t24-,25-,27+,28?/m0/s1. The number of methoxy groups -OCH3 is 1. The van der Waals surface area contributed by atoms with E-state index < -0.39 is 6.23 Å². The van der Waals surface area contributed by atoms with Gasteiger partial charge < -0.3 is 14.7 Å². The molecule has 0 spiro atoms. The zero-order valence-corrected chi connectivity index (χ0v) is 19.4. The van der Waals surface area contributed by atoms with Gasteiger partial charge in [-0.3, -0.25) is 9.69 Å². The Hall–Kier alpha value is -3.06. The van der Waals surface area contributed by atoms with Crippen molar-refractivity contribution in [2.45, 2.75) is 31.2 Å². The molecule has 2 aliphatic heterocycles. The lowest BCUT2D eigenvalue weighted by molar-refractivity contribution is -0.172. The number of carbonyl (C=O) groups excluding carboxylic acids is 1. The number of fused-ring (bicyclic) bond motifs is 1. The molecule has 6 heteroatoms. The minimum absolute atomic E-state index is 0.0211. The van der Waals surface area contributed by atoms with Crippen LogP contribution in [0.25, 0.3) is 11.1 Å². The molecule has 1 N–H and O–H groups in total. The predicted molar refractivity (Wildman–Crippen MR) is 129 cm³/mol. The highest BCUT2D eigenvalue weighted by Crippen LogP contribution is 2.44. The highest BCUT2D eigenvalue weighted by molar-refractivity contribution is 5.81. The molecule has 5 rings (SSSR count). The van der Waals surface area contributed by atoms with Crippen LogP contribution in [0.15, 0.2) is 72.8 Å². The first kappa shape index (κ1) is 22.7. The zero-order valence-electron chi connectivity index (χ0n) is 19.4. The maximum absolute atomic E-state index is 13.3. The molecule has 1 unspecified atom stereocenters. The van der Waals surface area contributed by atoms with Crippen LogP contribution in [-0.4, -0.2) is 59.7 Å². The van der Waals surface area contributed by atoms with Crippen molar-refractivity contribution in [2.75, 3.05) is 26.8 Å². The number of carbonyl (C=O) groups is 1. The van der Waals surface area contributed by atoms with Gasteiger partial charge in [0.2, 0.25) is 5.91 Å². The lowest BCUT2D eigenvalue weighted by Gasteiger charge is -2.59. The van der Waals surface area contributed by atoms with E-state index in [1.807, 2.05) is 17.0 Å². The molecular formula is C28H29FN2O3. The van der Waals surface area contributed by atoms with Gasteiger partial charge in [-0.25, -0.2) is 4.39 Å². The molecule has 2 saturated heterocycles. The highest BCUT2D eigenvalue weighted by Gasteiger charge is 2.54. The van der Waals surface area contributed by atoms with Crippen LogP contribution in [0.2, 0.25) is 0 Å². The van der Waals surface area contributed by atoms with Crippen LogP contribution in [0.1, 0.15) is 28.8 Å². The fourth-order valence-electron chi connectivity index (χ4n) is 5.49. The molecule has 3 aromatic carbocycles. The molecule has 4 atom stereocenters. The fourth-order valence-corrected chi connectivity index (χ4v) is 5.49. The number of aryl methyl sites for hydroxylation is 1. The van der Waals surface area contributed by atoms with Crippen LogP contribution in [0.3, 0.4) is 0 Å². The second kappa shape index (κ2) is 9.29. The van der Waals surface area contributed by atoms with Crippen molar-refractivity contribution in [3.63, 3.8) is 0 Å². The Kier molecular flexibility index (Phi) is 6.21. The van der Waals surface area contributed by atoms with Crippen molar-refractivity contribution in [3.8, 4) is 11.1 Å². The summed E-state index contributed by atoms with van der Waals surface area (Å²) in [6, 6.07) is 22.6. The number of aliphatic hydroxyl groups is 1. The molecule has 3 aromatic rings. The number of hydrogen-bond acceptors (Lipinski definition) is 4. The SMILES string of the molecule is COC[C@H]1[C@H](c2ccc(-c3ccccc3C)cc2)[C@@H]2CN(C(O)c3ccc(F)cc3)CC(=O)N12. The molecule has 2 heterocycles. The van der Waals surface area contributed by atoms with Gasteiger partial charge in [-0.1, -0.05) is 60.7 Å². The number of piperazine rings is 1. The van der Waals surface area contributed by atoms with E-state index in [1.165, 1.54) is 23.3 Å². The molecule has 176 valence electrons. The molecular weight excluding hydrogens is 431 g/mol. The summed E-state index contributed by atoms with van der Waals surface area (Å²) < 4.78 is 18.8. The number of nitrogens with zero attached hydrogens (tertiary/aromatic N) is 2. The van der Waals surface area contributed by atoms with Gasteiger partial charge in [-0.05, 0) is 46.9 Å². The molecule has 0 aromatic heterocycles. The topological polar surface area (TPSA) is 53.0 Å². The number of aliphatic hydroxyl groups excluding tert-OH is 1. The highest BCUT2D eigenvalue weighted by atomic mass is 19.1. The lowest BCUT2D eigenvalue weighted by Crippen LogP contribution is -2.73. The van der Waals surface area contributed by atoms with E-state index in [0.717, 1.165) is 11.1 Å². The van der Waals surface area contributed by atoms with E-state index in [2.05, 4.69) is 43.3 Å². The number of benzene rings is 3. The predicted octanol–water partition coefficient (Wildman–Crippen LogP) is 4.12. The smallest absolute Gasteiger partial charge is 0.237 e. The zero-order chi connectivity index (χ0) is 23.8. The average Bonchev–Trinajstić information content (AvgIpc) is 2.83. The molecule has 34 heavy (non-hydrogen) atoms. The third kappa shape index (κ3) is 4.02. The van der Waals surface area contributed by atoms with Gasteiger partial charge in [-0.2, -0.15) is 0 Å². The van der Waals surface area contributed by atoms with Crippen LogP contribution in [0.5, 0.6) is 0 Å². The van der Waals surface area contributed by atoms with E-state index in [-0.39, 0.29) is 36.3 Å². The van der Waals surface area contributed by atoms with E-state index in [9.17, 15) is 14.3 Å². The number of halogens is 1. The molecule has 2 aliphatic rings. The Morgan fingerprint density at radius 2 is 1.76 bits per heavy atom. The molecule has 2 fully saturated rings. The normalized spacial score (nSPS) is 23.4. The largest absolute Gasteiger partial charge is 0.383 e. The minimum Gasteiger partial charge on any atom is -0.383 e. The summed E-state index contributed by atoms with van der Waals surface area (Å²) in [6.07, 6.45) is -0.961. The Morgan fingerprint density at radius 3 is 2.44 bits per heavy atom. The van der Waals surface area contributed by atoms with Crippen LogP contribution in [0.4, 0.5) is 4.39 Å². The van der Waals surface area contributed by atoms with Crippen molar-refractivity contribution in [1.82, 2.24) is 9.80 Å². The summed E-state index contributed by atoms with van der Waals surface area (Å²) >= 11 is 0. The van der Waals surface area contributed by atoms with Gasteiger partial charge >= 0.3 is 0 Å². The minimum atomic E-state index is -0.961. The van der Waals surface area contributed by atoms with Gasteiger partial charge in [0.05, 0.1) is 25.2 Å². The van der Waals surface area contributed by atoms with Crippen molar-refractivity contribution >= 4 is 5.91 Å². The fraction of sp³-hybridized carbons (Fsp3) is 0.321. The first-order valence-corrected chi connectivity index (χ1v) is 11.6. The van der Waals surface area contributed by atoms with Crippen LogP contribution >= 0.6 is 0 Å². The third-order valence-electron chi connectivity index (χ3n) is 7.19. The summed E-state index contributed by atoms with van der Waals surface area (Å²) in [5.74, 6) is -0.266. The molecule has 0 aliphatic carbocycles. The quantitative estimate of drug-likeness (QED) is 0.601. The van der Waals surface area contributed by atoms with Gasteiger partial charge in [-0.15, -0.1) is 0 Å². The second-order valence-corrected chi connectivity index (χ2v) is 9.21. The Balaban J connectivity index is 1.40. The second-order valence-electron chi connectivity index (χ2n) is 9.21. The van der Waals surface area contributed by atoms with Crippen molar-refractivity contribution < 1.29 is 19.0 Å². The van der Waals surface area contributed by atoms with Crippen molar-refractivity contribution in [3.05, 3.63) is 95.3 Å². The number of rotatable bonds is 6. The van der Waals surface area contributed by atoms with Crippen LogP contribution in [-0.2, 0) is 9.53 Å². The number of ether oxygens (including phenoxy) is 1. The molecule has 5 nitrogen and oxygen atoms in total. The van der Waals surface area contributed by atoms with Gasteiger partial charge in [0.1, 0.15) is 12.0 Å². The van der Waals surface area contributed by atoms with Gasteiger partial charge in [0.15, 0.2) is 0 Å². The number of amides is 1. The molecule has 0 radical (unpaired) electrons. The van der Waals surface area contributed by atoms with E-state index in [1.54, 1.807) is 24.1 Å². The van der Waals surface area contributed by atoms with E-state index in [4.69, 9.17) is 4.74 Å². The summed E-state index contributed by atoms with van der Waals surface area (Å²) in [6.45, 7) is 3.23.